The van der Waals surface area contributed by atoms with Gasteiger partial charge in [0.2, 0.25) is 5.75 Å². The zero-order valence-electron chi connectivity index (χ0n) is 14.3. The predicted molar refractivity (Wildman–Crippen MR) is 96.1 cm³/mol. The lowest BCUT2D eigenvalue weighted by Crippen LogP contribution is -2.29. The van der Waals surface area contributed by atoms with Gasteiger partial charge in [0.1, 0.15) is 5.82 Å². The Balaban J connectivity index is 2.22. The van der Waals surface area contributed by atoms with Gasteiger partial charge in [-0.05, 0) is 25.7 Å². The summed E-state index contributed by atoms with van der Waals surface area (Å²) >= 11 is 6.05. The number of rotatable bonds is 6. The van der Waals surface area contributed by atoms with E-state index < -0.39 is 17.2 Å². The summed E-state index contributed by atoms with van der Waals surface area (Å²) in [5.41, 5.74) is -0.307. The van der Waals surface area contributed by atoms with Crippen LogP contribution in [0.25, 0.3) is 0 Å². The van der Waals surface area contributed by atoms with Crippen LogP contribution in [0.4, 0.5) is 0 Å². The van der Waals surface area contributed by atoms with E-state index in [9.17, 15) is 14.7 Å². The summed E-state index contributed by atoms with van der Waals surface area (Å²) in [6.45, 7) is 2.67. The predicted octanol–water partition coefficient (Wildman–Crippen LogP) is 1.72. The minimum atomic E-state index is -0.738. The second kappa shape index (κ2) is 8.13. The average Bonchev–Trinajstić information content (AvgIpc) is 2.55. The molecule has 8 heteroatoms. The number of halogens is 1. The van der Waals surface area contributed by atoms with Crippen molar-refractivity contribution in [2.75, 3.05) is 20.6 Å². The smallest absolute Gasteiger partial charge is 0.293 e. The van der Waals surface area contributed by atoms with E-state index in [0.717, 1.165) is 5.56 Å². The highest BCUT2D eigenvalue weighted by atomic mass is 35.5. The molecule has 7 nitrogen and oxygen atoms in total. The quantitative estimate of drug-likeness (QED) is 0.725. The van der Waals surface area contributed by atoms with E-state index in [2.05, 4.69) is 15.3 Å². The fourth-order valence-corrected chi connectivity index (χ4v) is 2.61. The highest BCUT2D eigenvalue weighted by molar-refractivity contribution is 6.31. The van der Waals surface area contributed by atoms with Crippen LogP contribution in [0.15, 0.2) is 29.1 Å². The molecular weight excluding hydrogens is 344 g/mol. The fraction of sp³-hybridized carbons (Fsp3) is 0.353. The molecule has 2 aromatic rings. The Morgan fingerprint density at radius 2 is 2.08 bits per heavy atom. The Labute approximate surface area is 150 Å². The Kier molecular flexibility index (Phi) is 6.17. The number of likely N-dealkylation sites (N-methyl/N-ethyl adjacent to an activating group) is 1. The number of aromatic hydroxyl groups is 1. The summed E-state index contributed by atoms with van der Waals surface area (Å²) in [4.78, 5) is 32.9. The number of aromatic amines is 1. The van der Waals surface area contributed by atoms with E-state index in [-0.39, 0.29) is 18.2 Å². The van der Waals surface area contributed by atoms with Gasteiger partial charge in [-0.2, -0.15) is 0 Å². The molecule has 0 bridgehead atoms. The molecule has 2 rings (SSSR count). The molecule has 0 aliphatic rings. The van der Waals surface area contributed by atoms with Gasteiger partial charge in [0, 0.05) is 24.0 Å². The van der Waals surface area contributed by atoms with Gasteiger partial charge in [-0.3, -0.25) is 9.59 Å². The van der Waals surface area contributed by atoms with Crippen LogP contribution in [0.1, 0.15) is 34.7 Å². The molecule has 0 aliphatic heterocycles. The van der Waals surface area contributed by atoms with Crippen molar-refractivity contribution < 1.29 is 9.90 Å². The van der Waals surface area contributed by atoms with E-state index in [1.165, 1.54) is 0 Å². The van der Waals surface area contributed by atoms with Crippen LogP contribution in [0, 0.1) is 0 Å². The molecule has 0 aliphatic carbocycles. The summed E-state index contributed by atoms with van der Waals surface area (Å²) in [7, 11) is 3.79. The molecule has 0 saturated heterocycles. The molecule has 0 radical (unpaired) electrons. The Hall–Kier alpha value is -2.38. The second-order valence-corrected chi connectivity index (χ2v) is 6.49. The van der Waals surface area contributed by atoms with Crippen molar-refractivity contribution in [3.05, 3.63) is 56.7 Å². The number of H-pyrrole nitrogens is 1. The van der Waals surface area contributed by atoms with E-state index in [1.54, 1.807) is 24.3 Å². The van der Waals surface area contributed by atoms with Gasteiger partial charge in [0.15, 0.2) is 5.69 Å². The van der Waals surface area contributed by atoms with Crippen molar-refractivity contribution >= 4 is 17.5 Å². The molecule has 1 amide bonds. The third-order valence-electron chi connectivity index (χ3n) is 3.63. The van der Waals surface area contributed by atoms with Crippen molar-refractivity contribution in [1.82, 2.24) is 20.2 Å². The summed E-state index contributed by atoms with van der Waals surface area (Å²) in [5.74, 6) is -1.10. The van der Waals surface area contributed by atoms with Crippen molar-refractivity contribution in [2.24, 2.45) is 0 Å². The summed E-state index contributed by atoms with van der Waals surface area (Å²) in [6, 6.07) is 7.08. The van der Waals surface area contributed by atoms with Gasteiger partial charge in [-0.1, -0.05) is 36.7 Å². The first-order valence-electron chi connectivity index (χ1n) is 7.79. The molecule has 1 unspecified atom stereocenters. The lowest BCUT2D eigenvalue weighted by molar-refractivity contribution is 0.0942. The second-order valence-electron chi connectivity index (χ2n) is 6.09. The van der Waals surface area contributed by atoms with Gasteiger partial charge in [0.05, 0.1) is 0 Å². The minimum absolute atomic E-state index is 0.113. The van der Waals surface area contributed by atoms with Crippen LogP contribution in [0.5, 0.6) is 5.75 Å². The zero-order chi connectivity index (χ0) is 18.6. The molecule has 1 aromatic carbocycles. The van der Waals surface area contributed by atoms with E-state index in [1.807, 2.05) is 25.9 Å². The Bertz CT molecular complexity index is 820. The Morgan fingerprint density at radius 1 is 1.40 bits per heavy atom. The molecule has 1 aromatic heterocycles. The third-order valence-corrected chi connectivity index (χ3v) is 4.00. The molecule has 0 fully saturated rings. The molecule has 134 valence electrons. The van der Waals surface area contributed by atoms with Crippen LogP contribution in [0.3, 0.4) is 0 Å². The maximum atomic E-state index is 12.4. The number of amides is 1. The summed E-state index contributed by atoms with van der Waals surface area (Å²) in [6.07, 6.45) is 0. The molecule has 1 atom stereocenters. The van der Waals surface area contributed by atoms with Gasteiger partial charge < -0.3 is 20.3 Å². The first-order valence-corrected chi connectivity index (χ1v) is 8.17. The van der Waals surface area contributed by atoms with Crippen molar-refractivity contribution in [3.63, 3.8) is 0 Å². The molecule has 1 heterocycles. The van der Waals surface area contributed by atoms with Crippen LogP contribution >= 0.6 is 11.6 Å². The standard InChI is InChI=1S/C17H21ClN4O3/c1-10(9-22(2)3)15-20-13(14(23)17(25)21-15)16(24)19-8-11-6-4-5-7-12(11)18/h4-7,10,23H,8-9H2,1-3H3,(H,19,24)(H,20,21,25). The average molecular weight is 365 g/mol. The maximum absolute atomic E-state index is 12.4. The number of nitrogens with zero attached hydrogens (tertiary/aromatic N) is 2. The monoisotopic (exact) mass is 364 g/mol. The number of benzene rings is 1. The lowest BCUT2D eigenvalue weighted by Gasteiger charge is -2.17. The number of aromatic nitrogens is 2. The van der Waals surface area contributed by atoms with Crippen LogP contribution in [0.2, 0.25) is 5.02 Å². The van der Waals surface area contributed by atoms with Crippen LogP contribution in [-0.4, -0.2) is 46.5 Å². The highest BCUT2D eigenvalue weighted by Crippen LogP contribution is 2.16. The first-order chi connectivity index (χ1) is 11.8. The van der Waals surface area contributed by atoms with Crippen LogP contribution < -0.4 is 10.9 Å². The topological polar surface area (TPSA) is 98.3 Å². The molecule has 25 heavy (non-hydrogen) atoms. The zero-order valence-corrected chi connectivity index (χ0v) is 15.1. The number of hydrogen-bond donors (Lipinski definition) is 3. The summed E-state index contributed by atoms with van der Waals surface area (Å²) < 4.78 is 0. The lowest BCUT2D eigenvalue weighted by atomic mass is 10.1. The fourth-order valence-electron chi connectivity index (χ4n) is 2.41. The minimum Gasteiger partial charge on any atom is -0.501 e. The molecule has 0 saturated carbocycles. The normalized spacial score (nSPS) is 12.2. The number of carbonyl (C=O) groups excluding carboxylic acids is 1. The highest BCUT2D eigenvalue weighted by Gasteiger charge is 2.20. The van der Waals surface area contributed by atoms with Gasteiger partial charge >= 0.3 is 0 Å². The molecule has 0 spiro atoms. The van der Waals surface area contributed by atoms with Gasteiger partial charge in [-0.15, -0.1) is 0 Å². The van der Waals surface area contributed by atoms with Gasteiger partial charge in [0.25, 0.3) is 11.5 Å². The largest absolute Gasteiger partial charge is 0.501 e. The number of nitrogens with one attached hydrogen (secondary N) is 2. The van der Waals surface area contributed by atoms with Crippen molar-refractivity contribution in [2.45, 2.75) is 19.4 Å². The van der Waals surface area contributed by atoms with E-state index >= 15 is 0 Å². The van der Waals surface area contributed by atoms with Crippen LogP contribution in [-0.2, 0) is 6.54 Å². The number of hydrogen-bond acceptors (Lipinski definition) is 5. The Morgan fingerprint density at radius 3 is 2.72 bits per heavy atom. The maximum Gasteiger partial charge on any atom is 0.293 e. The third kappa shape index (κ3) is 4.80. The van der Waals surface area contributed by atoms with E-state index in [0.29, 0.717) is 17.4 Å². The van der Waals surface area contributed by atoms with E-state index in [4.69, 9.17) is 11.6 Å². The van der Waals surface area contributed by atoms with Crippen molar-refractivity contribution in [1.29, 1.82) is 0 Å². The van der Waals surface area contributed by atoms with Crippen molar-refractivity contribution in [3.8, 4) is 5.75 Å². The number of carbonyl (C=O) groups is 1. The van der Waals surface area contributed by atoms with Gasteiger partial charge in [-0.25, -0.2) is 4.98 Å². The molecular formula is C17H21ClN4O3. The first kappa shape index (κ1) is 19.0. The summed E-state index contributed by atoms with van der Waals surface area (Å²) in [5, 5.41) is 13.0. The SMILES string of the molecule is CC(CN(C)C)c1nc(C(=O)NCc2ccccc2Cl)c(O)c(=O)[nH]1. The molecule has 3 N–H and O–H groups in total.